The summed E-state index contributed by atoms with van der Waals surface area (Å²) in [6.45, 7) is -0.335. The van der Waals surface area contributed by atoms with Crippen LogP contribution in [0.3, 0.4) is 0 Å². The Kier molecular flexibility index (Phi) is 7.67. The van der Waals surface area contributed by atoms with Crippen LogP contribution in [0, 0.1) is 0 Å². The number of benzene rings is 1. The highest BCUT2D eigenvalue weighted by atomic mass is 16.5. The van der Waals surface area contributed by atoms with Crippen molar-refractivity contribution in [3.05, 3.63) is 56.8 Å². The topological polar surface area (TPSA) is 147 Å². The van der Waals surface area contributed by atoms with Crippen LogP contribution in [0.1, 0.15) is 5.56 Å². The number of aliphatic hydroxyl groups is 2. The molecular weight excluding hydrogens is 276 g/mol. The molecule has 9 heteroatoms. The molecule has 0 fully saturated rings. The van der Waals surface area contributed by atoms with E-state index >= 15 is 0 Å². The van der Waals surface area contributed by atoms with Crippen molar-refractivity contribution in [1.82, 2.24) is 0 Å². The van der Waals surface area contributed by atoms with Crippen LogP contribution in [0.5, 0.6) is 0 Å². The average molecular weight is 292 g/mol. The summed E-state index contributed by atoms with van der Waals surface area (Å²) >= 11 is 0. The predicted octanol–water partition coefficient (Wildman–Crippen LogP) is 1.91. The van der Waals surface area contributed by atoms with Crippen LogP contribution in [0.25, 0.3) is 20.9 Å². The molecule has 0 spiro atoms. The second-order valence-corrected chi connectivity index (χ2v) is 4.22. The van der Waals surface area contributed by atoms with Crippen molar-refractivity contribution in [2.45, 2.75) is 24.9 Å². The van der Waals surface area contributed by atoms with E-state index in [1.807, 2.05) is 30.3 Å². The number of hydrogen-bond acceptors (Lipinski definition) is 5. The Balaban J connectivity index is 2.70. The van der Waals surface area contributed by atoms with Crippen LogP contribution in [-0.4, -0.2) is 41.6 Å². The summed E-state index contributed by atoms with van der Waals surface area (Å²) in [4.78, 5) is 5.09. The fourth-order valence-corrected chi connectivity index (χ4v) is 1.69. The highest BCUT2D eigenvalue weighted by Crippen LogP contribution is 2.11. The van der Waals surface area contributed by atoms with E-state index in [1.54, 1.807) is 0 Å². The highest BCUT2D eigenvalue weighted by molar-refractivity contribution is 5.13. The van der Waals surface area contributed by atoms with Gasteiger partial charge in [0.15, 0.2) is 0 Å². The van der Waals surface area contributed by atoms with Crippen molar-refractivity contribution in [1.29, 1.82) is 0 Å². The van der Waals surface area contributed by atoms with E-state index in [4.69, 9.17) is 15.8 Å². The first-order valence-corrected chi connectivity index (χ1v) is 6.22. The molecule has 2 N–H and O–H groups in total. The molecule has 0 bridgehead atoms. The van der Waals surface area contributed by atoms with Crippen molar-refractivity contribution in [3.63, 3.8) is 0 Å². The van der Waals surface area contributed by atoms with Gasteiger partial charge in [-0.15, -0.1) is 0 Å². The van der Waals surface area contributed by atoms with Gasteiger partial charge in [-0.05, 0) is 16.6 Å². The van der Waals surface area contributed by atoms with Crippen LogP contribution < -0.4 is 0 Å². The Morgan fingerprint density at radius 1 is 1.00 bits per heavy atom. The summed E-state index contributed by atoms with van der Waals surface area (Å²) in [6.07, 6.45) is -3.43. The number of nitrogens with zero attached hydrogens (tertiary/aromatic N) is 6. The fraction of sp³-hybridized carbons (Fsp3) is 0.500. The zero-order valence-electron chi connectivity index (χ0n) is 11.2. The lowest BCUT2D eigenvalue weighted by atomic mass is 10.1. The first-order valence-electron chi connectivity index (χ1n) is 6.22. The molecule has 0 saturated heterocycles. The van der Waals surface area contributed by atoms with Crippen LogP contribution in [0.4, 0.5) is 0 Å². The lowest BCUT2D eigenvalue weighted by molar-refractivity contribution is -0.100. The molecule has 1 aromatic rings. The van der Waals surface area contributed by atoms with Gasteiger partial charge in [0.1, 0.15) is 6.10 Å². The van der Waals surface area contributed by atoms with Gasteiger partial charge in [-0.2, -0.15) is 0 Å². The SMILES string of the molecule is [N-]=[N+]=NC[C@H](O)C(OCc1ccccc1)[C@@H](O)CN=[N+]=[N-]. The molecule has 0 aliphatic heterocycles. The minimum atomic E-state index is -1.20. The maximum absolute atomic E-state index is 9.90. The number of hydrogen-bond donors (Lipinski definition) is 2. The standard InChI is InChI=1S/C12H16N6O3/c13-17-15-6-10(19)12(11(20)7-16-18-14)21-8-9-4-2-1-3-5-9/h1-5,10-12,19-20H,6-8H2/t10-,11-/m0/s1. The van der Waals surface area contributed by atoms with E-state index in [2.05, 4.69) is 20.1 Å². The van der Waals surface area contributed by atoms with Crippen LogP contribution in [-0.2, 0) is 11.3 Å². The summed E-state index contributed by atoms with van der Waals surface area (Å²) in [5, 5.41) is 26.3. The molecule has 0 heterocycles. The molecule has 112 valence electrons. The van der Waals surface area contributed by atoms with E-state index in [0.29, 0.717) is 0 Å². The third kappa shape index (κ3) is 6.13. The molecule has 0 aromatic heterocycles. The predicted molar refractivity (Wildman–Crippen MR) is 75.1 cm³/mol. The van der Waals surface area contributed by atoms with Gasteiger partial charge in [-0.25, -0.2) is 0 Å². The van der Waals surface area contributed by atoms with Gasteiger partial charge in [0, 0.05) is 9.82 Å². The zero-order chi connectivity index (χ0) is 15.5. The van der Waals surface area contributed by atoms with Crippen LogP contribution in [0.2, 0.25) is 0 Å². The Morgan fingerprint density at radius 3 is 2.00 bits per heavy atom. The quantitative estimate of drug-likeness (QED) is 0.407. The van der Waals surface area contributed by atoms with Crippen molar-refractivity contribution >= 4 is 0 Å². The Hall–Kier alpha value is -2.28. The Morgan fingerprint density at radius 2 is 1.52 bits per heavy atom. The first-order chi connectivity index (χ1) is 10.2. The molecular formula is C12H16N6O3. The molecule has 0 radical (unpaired) electrons. The van der Waals surface area contributed by atoms with Crippen molar-refractivity contribution < 1.29 is 14.9 Å². The normalized spacial score (nSPS) is 14.4. The van der Waals surface area contributed by atoms with E-state index in [-0.39, 0.29) is 19.7 Å². The molecule has 0 aliphatic rings. The Bertz CT molecular complexity index is 487. The first kappa shape index (κ1) is 16.8. The summed E-state index contributed by atoms with van der Waals surface area (Å²) in [6, 6.07) is 9.18. The molecule has 2 atom stereocenters. The summed E-state index contributed by atoms with van der Waals surface area (Å²) in [5.74, 6) is 0. The molecule has 0 amide bonds. The van der Waals surface area contributed by atoms with Crippen molar-refractivity contribution in [3.8, 4) is 0 Å². The second kappa shape index (κ2) is 9.60. The van der Waals surface area contributed by atoms with E-state index in [0.717, 1.165) is 5.56 Å². The minimum absolute atomic E-state index is 0.159. The molecule has 1 rings (SSSR count). The number of aliphatic hydroxyl groups excluding tert-OH is 2. The lowest BCUT2D eigenvalue weighted by Crippen LogP contribution is -2.42. The molecule has 1 aromatic carbocycles. The third-order valence-electron chi connectivity index (χ3n) is 2.71. The van der Waals surface area contributed by atoms with Crippen molar-refractivity contribution in [2.24, 2.45) is 10.2 Å². The lowest BCUT2D eigenvalue weighted by Gasteiger charge is -2.26. The molecule has 21 heavy (non-hydrogen) atoms. The van der Waals surface area contributed by atoms with Gasteiger partial charge >= 0.3 is 0 Å². The number of azide groups is 2. The maximum Gasteiger partial charge on any atom is 0.110 e. The monoisotopic (exact) mass is 292 g/mol. The van der Waals surface area contributed by atoms with Gasteiger partial charge in [-0.1, -0.05) is 40.6 Å². The summed E-state index contributed by atoms with van der Waals surface area (Å²) in [5.41, 5.74) is 17.4. The van der Waals surface area contributed by atoms with Crippen LogP contribution in [0.15, 0.2) is 40.6 Å². The van der Waals surface area contributed by atoms with E-state index < -0.39 is 18.3 Å². The van der Waals surface area contributed by atoms with Gasteiger partial charge in [-0.3, -0.25) is 0 Å². The molecule has 0 saturated carbocycles. The van der Waals surface area contributed by atoms with Gasteiger partial charge in [0.2, 0.25) is 0 Å². The minimum Gasteiger partial charge on any atom is -0.390 e. The third-order valence-corrected chi connectivity index (χ3v) is 2.71. The second-order valence-electron chi connectivity index (χ2n) is 4.22. The van der Waals surface area contributed by atoms with Crippen LogP contribution >= 0.6 is 0 Å². The fourth-order valence-electron chi connectivity index (χ4n) is 1.69. The van der Waals surface area contributed by atoms with Crippen molar-refractivity contribution in [2.75, 3.05) is 13.1 Å². The average Bonchev–Trinajstić information content (AvgIpc) is 2.52. The number of rotatable bonds is 9. The Labute approximate surface area is 121 Å². The maximum atomic E-state index is 9.90. The number of ether oxygens (including phenoxy) is 1. The molecule has 0 aliphatic carbocycles. The van der Waals surface area contributed by atoms with E-state index in [1.165, 1.54) is 0 Å². The largest absolute Gasteiger partial charge is 0.390 e. The van der Waals surface area contributed by atoms with Gasteiger partial charge < -0.3 is 14.9 Å². The smallest absolute Gasteiger partial charge is 0.110 e. The zero-order valence-corrected chi connectivity index (χ0v) is 11.2. The van der Waals surface area contributed by atoms with Gasteiger partial charge in [0.25, 0.3) is 0 Å². The molecule has 9 nitrogen and oxygen atoms in total. The van der Waals surface area contributed by atoms with Gasteiger partial charge in [0.05, 0.1) is 31.9 Å². The highest BCUT2D eigenvalue weighted by Gasteiger charge is 2.27. The summed E-state index contributed by atoms with van der Waals surface area (Å²) in [7, 11) is 0. The molecule has 0 unspecified atom stereocenters. The van der Waals surface area contributed by atoms with E-state index in [9.17, 15) is 10.2 Å². The summed E-state index contributed by atoms with van der Waals surface area (Å²) < 4.78 is 5.48.